The van der Waals surface area contributed by atoms with Crippen LogP contribution in [0.25, 0.3) is 0 Å². The minimum Gasteiger partial charge on any atom is -0.352 e. The maximum atomic E-state index is 11.7. The third-order valence-electron chi connectivity index (χ3n) is 6.65. The Morgan fingerprint density at radius 2 is 2.05 bits per heavy atom. The Labute approximate surface area is 236 Å². The number of hydrogen-bond donors (Lipinski definition) is 2. The molecule has 0 saturated heterocycles. The number of likely N-dealkylation sites (N-methyl/N-ethyl adjacent to an activating group) is 1. The van der Waals surface area contributed by atoms with Gasteiger partial charge in [0.2, 0.25) is 6.41 Å². The monoisotopic (exact) mass is 556 g/mol. The molecule has 204 valence electrons. The normalized spacial score (nSPS) is 20.1. The summed E-state index contributed by atoms with van der Waals surface area (Å²) in [5.74, 6) is 1.68. The lowest BCUT2D eigenvalue weighted by molar-refractivity contribution is -0.105. The number of aliphatic imine (C=N–C) groups is 2. The van der Waals surface area contributed by atoms with Gasteiger partial charge in [0.15, 0.2) is 0 Å². The largest absolute Gasteiger partial charge is 0.352 e. The SMILES string of the molecule is C=CCCN(C(=NC1C=CC=CC1C(C)C)c1cc(Cl)c(C2=NCCC=C2Cl)nc1NC=O)C(C)CNC. The van der Waals surface area contributed by atoms with Crippen LogP contribution in [0.5, 0.6) is 0 Å². The zero-order valence-electron chi connectivity index (χ0n) is 22.6. The van der Waals surface area contributed by atoms with E-state index in [4.69, 9.17) is 33.2 Å². The number of anilines is 1. The molecule has 0 saturated carbocycles. The van der Waals surface area contributed by atoms with Crippen molar-refractivity contribution in [2.75, 3.05) is 32.0 Å². The third-order valence-corrected chi connectivity index (χ3v) is 7.27. The molecule has 1 aromatic heterocycles. The summed E-state index contributed by atoms with van der Waals surface area (Å²) in [5.41, 5.74) is 1.59. The van der Waals surface area contributed by atoms with E-state index in [2.05, 4.69) is 66.1 Å². The summed E-state index contributed by atoms with van der Waals surface area (Å²) in [7, 11) is 1.93. The summed E-state index contributed by atoms with van der Waals surface area (Å²) in [5, 5.41) is 6.95. The molecule has 2 heterocycles. The van der Waals surface area contributed by atoms with Gasteiger partial charge in [0.25, 0.3) is 0 Å². The van der Waals surface area contributed by atoms with E-state index in [9.17, 15) is 4.79 Å². The Bertz CT molecular complexity index is 1150. The maximum absolute atomic E-state index is 11.7. The van der Waals surface area contributed by atoms with Crippen LogP contribution in [0.3, 0.4) is 0 Å². The number of aromatic nitrogens is 1. The molecule has 3 unspecified atom stereocenters. The number of pyridine rings is 1. The second-order valence-corrected chi connectivity index (χ2v) is 10.6. The molecule has 2 aliphatic rings. The van der Waals surface area contributed by atoms with Crippen LogP contribution in [0, 0.1) is 11.8 Å². The van der Waals surface area contributed by atoms with Crippen LogP contribution in [-0.4, -0.2) is 66.6 Å². The molecular weight excluding hydrogens is 519 g/mol. The summed E-state index contributed by atoms with van der Waals surface area (Å²) in [4.78, 5) is 28.6. The number of hydrogen-bond acceptors (Lipinski definition) is 5. The second-order valence-electron chi connectivity index (χ2n) is 9.76. The Kier molecular flexibility index (Phi) is 11.3. The van der Waals surface area contributed by atoms with Gasteiger partial charge in [-0.3, -0.25) is 14.8 Å². The minimum absolute atomic E-state index is 0.0851. The zero-order valence-corrected chi connectivity index (χ0v) is 24.1. The average molecular weight is 558 g/mol. The number of nitrogens with zero attached hydrogens (tertiary/aromatic N) is 4. The number of carbonyl (C=O) groups is 1. The van der Waals surface area contributed by atoms with Crippen LogP contribution < -0.4 is 10.6 Å². The van der Waals surface area contributed by atoms with Crippen LogP contribution in [-0.2, 0) is 4.79 Å². The van der Waals surface area contributed by atoms with Crippen molar-refractivity contribution in [3.8, 4) is 0 Å². The Morgan fingerprint density at radius 1 is 1.29 bits per heavy atom. The van der Waals surface area contributed by atoms with E-state index in [0.717, 1.165) is 19.4 Å². The van der Waals surface area contributed by atoms with Crippen molar-refractivity contribution in [3.63, 3.8) is 0 Å². The summed E-state index contributed by atoms with van der Waals surface area (Å²) < 4.78 is 0. The molecule has 7 nitrogen and oxygen atoms in total. The lowest BCUT2D eigenvalue weighted by atomic mass is 9.86. The lowest BCUT2D eigenvalue weighted by Crippen LogP contribution is -2.45. The predicted octanol–water partition coefficient (Wildman–Crippen LogP) is 5.62. The third kappa shape index (κ3) is 7.22. The molecule has 38 heavy (non-hydrogen) atoms. The van der Waals surface area contributed by atoms with Crippen molar-refractivity contribution < 1.29 is 4.79 Å². The number of amidine groups is 1. The Morgan fingerprint density at radius 3 is 2.71 bits per heavy atom. The van der Waals surface area contributed by atoms with Gasteiger partial charge in [0, 0.05) is 31.6 Å². The van der Waals surface area contributed by atoms with Crippen LogP contribution in [0.4, 0.5) is 5.82 Å². The number of halogens is 2. The molecule has 3 rings (SSSR count). The summed E-state index contributed by atoms with van der Waals surface area (Å²) in [6.07, 6.45) is 14.4. The van der Waals surface area contributed by atoms with Crippen molar-refractivity contribution in [2.45, 2.75) is 45.7 Å². The van der Waals surface area contributed by atoms with Crippen LogP contribution >= 0.6 is 23.2 Å². The van der Waals surface area contributed by atoms with Crippen LogP contribution in [0.2, 0.25) is 5.02 Å². The first-order valence-corrected chi connectivity index (χ1v) is 13.8. The Hall–Kier alpha value is -2.74. The van der Waals surface area contributed by atoms with E-state index < -0.39 is 0 Å². The first-order valence-electron chi connectivity index (χ1n) is 13.1. The number of dihydropyridines is 1. The first-order chi connectivity index (χ1) is 18.3. The van der Waals surface area contributed by atoms with E-state index in [-0.39, 0.29) is 18.0 Å². The van der Waals surface area contributed by atoms with Crippen LogP contribution in [0.1, 0.15) is 44.9 Å². The quantitative estimate of drug-likeness (QED) is 0.151. The Balaban J connectivity index is 2.25. The number of nitrogens with one attached hydrogen (secondary N) is 2. The highest BCUT2D eigenvalue weighted by Gasteiger charge is 2.29. The molecule has 9 heteroatoms. The van der Waals surface area contributed by atoms with Crippen molar-refractivity contribution >= 4 is 47.0 Å². The van der Waals surface area contributed by atoms with Crippen LogP contribution in [0.15, 0.2) is 64.1 Å². The fourth-order valence-electron chi connectivity index (χ4n) is 4.69. The van der Waals surface area contributed by atoms with E-state index in [0.29, 0.717) is 64.1 Å². The maximum Gasteiger partial charge on any atom is 0.212 e. The van der Waals surface area contributed by atoms with E-state index in [1.54, 1.807) is 0 Å². The summed E-state index contributed by atoms with van der Waals surface area (Å²) >= 11 is 13.3. The van der Waals surface area contributed by atoms with Gasteiger partial charge in [-0.15, -0.1) is 6.58 Å². The van der Waals surface area contributed by atoms with Crippen molar-refractivity contribution in [1.29, 1.82) is 0 Å². The van der Waals surface area contributed by atoms with Gasteiger partial charge in [-0.25, -0.2) is 4.98 Å². The molecule has 0 fully saturated rings. The van der Waals surface area contributed by atoms with Crippen molar-refractivity contribution in [3.05, 3.63) is 70.4 Å². The molecule has 3 atom stereocenters. The zero-order chi connectivity index (χ0) is 27.7. The highest BCUT2D eigenvalue weighted by Crippen LogP contribution is 2.31. The molecule has 2 N–H and O–H groups in total. The van der Waals surface area contributed by atoms with Gasteiger partial charge in [0.05, 0.1) is 21.7 Å². The van der Waals surface area contributed by atoms with Gasteiger partial charge in [-0.2, -0.15) is 0 Å². The molecule has 0 radical (unpaired) electrons. The molecule has 1 aliphatic heterocycles. The summed E-state index contributed by atoms with van der Waals surface area (Å²) in [6.45, 7) is 12.5. The number of rotatable bonds is 12. The predicted molar refractivity (Wildman–Crippen MR) is 161 cm³/mol. The number of amides is 1. The van der Waals surface area contributed by atoms with Gasteiger partial charge in [-0.05, 0) is 38.8 Å². The number of carbonyl (C=O) groups excluding carboxylic acids is 1. The first kappa shape index (κ1) is 29.8. The topological polar surface area (TPSA) is 82.0 Å². The molecule has 0 aromatic carbocycles. The van der Waals surface area contributed by atoms with E-state index in [1.165, 1.54) is 0 Å². The highest BCUT2D eigenvalue weighted by molar-refractivity contribution is 6.48. The van der Waals surface area contributed by atoms with E-state index >= 15 is 0 Å². The smallest absolute Gasteiger partial charge is 0.212 e. The van der Waals surface area contributed by atoms with Gasteiger partial charge in [0.1, 0.15) is 23.1 Å². The highest BCUT2D eigenvalue weighted by atomic mass is 35.5. The molecular formula is C29H38Cl2N6O. The van der Waals surface area contributed by atoms with Crippen molar-refractivity contribution in [1.82, 2.24) is 15.2 Å². The molecule has 0 bridgehead atoms. The molecule has 1 aromatic rings. The minimum atomic E-state index is -0.0920. The summed E-state index contributed by atoms with van der Waals surface area (Å²) in [6, 6.07) is 1.81. The molecule has 0 spiro atoms. The fraction of sp³-hybridized carbons (Fsp3) is 0.448. The molecule has 1 amide bonds. The van der Waals surface area contributed by atoms with Gasteiger partial charge < -0.3 is 15.5 Å². The average Bonchev–Trinajstić information content (AvgIpc) is 2.90. The number of allylic oxidation sites excluding steroid dienone is 3. The fourth-order valence-corrected chi connectivity index (χ4v) is 5.19. The standard InChI is InChI=1S/C29H38Cl2N6O/c1-6-7-15-37(20(4)17-32-5)29(35-25-13-9-8-11-21(25)19(2)3)22-16-24(31)27(36-28(22)34-18-38)26-23(30)12-10-14-33-26/h6,8-9,11-13,16,18-21,25,32H,1,7,10,14-15,17H2,2-5H3,(H,34,36,38). The van der Waals surface area contributed by atoms with Gasteiger partial charge in [-0.1, -0.05) is 73.5 Å². The molecule has 1 aliphatic carbocycles. The lowest BCUT2D eigenvalue weighted by Gasteiger charge is -2.35. The van der Waals surface area contributed by atoms with Gasteiger partial charge >= 0.3 is 0 Å². The van der Waals surface area contributed by atoms with Crippen molar-refractivity contribution in [2.24, 2.45) is 21.8 Å². The second kappa shape index (κ2) is 14.4. The van der Waals surface area contributed by atoms with E-state index in [1.807, 2.05) is 31.3 Å².